The van der Waals surface area contributed by atoms with Gasteiger partial charge in [0.15, 0.2) is 6.10 Å². The monoisotopic (exact) mass is 347 g/mol. The molecular weight excluding hydrogens is 318 g/mol. The van der Waals surface area contributed by atoms with Crippen molar-refractivity contribution in [1.29, 1.82) is 0 Å². The molecule has 2 aliphatic carbocycles. The molecule has 1 aromatic rings. The van der Waals surface area contributed by atoms with Crippen molar-refractivity contribution in [3.63, 3.8) is 0 Å². The van der Waals surface area contributed by atoms with E-state index in [0.29, 0.717) is 0 Å². The number of ether oxygens (including phenoxy) is 1. The van der Waals surface area contributed by atoms with Crippen molar-refractivity contribution in [3.8, 4) is 5.75 Å². The zero-order valence-electron chi connectivity index (χ0n) is 14.7. The first-order valence-electron chi connectivity index (χ1n) is 9.40. The Labute approximate surface area is 149 Å². The van der Waals surface area contributed by atoms with Crippen molar-refractivity contribution < 1.29 is 9.53 Å². The maximum Gasteiger partial charge on any atom is 0.260 e. The number of benzene rings is 1. The molecule has 0 saturated heterocycles. The lowest BCUT2D eigenvalue weighted by atomic mass is 9.92. The van der Waals surface area contributed by atoms with Crippen molar-refractivity contribution in [3.05, 3.63) is 29.3 Å². The first-order chi connectivity index (χ1) is 11.7. The van der Waals surface area contributed by atoms with Gasteiger partial charge in [-0.3, -0.25) is 4.79 Å². The minimum atomic E-state index is -0.442. The van der Waals surface area contributed by atoms with E-state index >= 15 is 0 Å². The number of nitrogens with one attached hydrogen (secondary N) is 1. The number of fused-ring (bicyclic) bond motifs is 1. The summed E-state index contributed by atoms with van der Waals surface area (Å²) in [5, 5.41) is 3.82. The van der Waals surface area contributed by atoms with Crippen LogP contribution >= 0.6 is 11.8 Å². The summed E-state index contributed by atoms with van der Waals surface area (Å²) in [6, 6.07) is 6.28. The molecule has 0 spiro atoms. The second-order valence-electron chi connectivity index (χ2n) is 6.97. The Morgan fingerprint density at radius 2 is 1.96 bits per heavy atom. The van der Waals surface area contributed by atoms with E-state index < -0.39 is 6.10 Å². The number of carbonyl (C=O) groups excluding carboxylic acids is 1. The largest absolute Gasteiger partial charge is 0.481 e. The Morgan fingerprint density at radius 1 is 1.21 bits per heavy atom. The van der Waals surface area contributed by atoms with Crippen molar-refractivity contribution >= 4 is 17.7 Å². The number of thioether (sulfide) groups is 1. The summed E-state index contributed by atoms with van der Waals surface area (Å²) in [5.41, 5.74) is 2.83. The molecule has 24 heavy (non-hydrogen) atoms. The molecule has 4 heteroatoms. The molecular formula is C20H29NO2S. The quantitative estimate of drug-likeness (QED) is 0.754. The lowest BCUT2D eigenvalue weighted by Gasteiger charge is -2.19. The molecule has 0 radical (unpaired) electrons. The molecule has 1 N–H and O–H groups in total. The van der Waals surface area contributed by atoms with Gasteiger partial charge in [0.05, 0.1) is 0 Å². The van der Waals surface area contributed by atoms with Crippen LogP contribution in [0.25, 0.3) is 0 Å². The van der Waals surface area contributed by atoms with Crippen molar-refractivity contribution in [1.82, 2.24) is 5.32 Å². The number of carbonyl (C=O) groups is 1. The molecule has 0 aromatic heterocycles. The van der Waals surface area contributed by atoms with E-state index in [1.807, 2.05) is 24.8 Å². The van der Waals surface area contributed by atoms with Crippen LogP contribution in [-0.4, -0.2) is 29.6 Å². The predicted molar refractivity (Wildman–Crippen MR) is 101 cm³/mol. The number of hydrogen-bond acceptors (Lipinski definition) is 3. The highest BCUT2D eigenvalue weighted by molar-refractivity contribution is 7.99. The minimum Gasteiger partial charge on any atom is -0.481 e. The fraction of sp³-hybridized carbons (Fsp3) is 0.650. The molecule has 1 amide bonds. The molecule has 3 nitrogen and oxygen atoms in total. The Hall–Kier alpha value is -1.16. The van der Waals surface area contributed by atoms with E-state index in [4.69, 9.17) is 4.74 Å². The Kier molecular flexibility index (Phi) is 6.47. The Morgan fingerprint density at radius 3 is 2.75 bits per heavy atom. The van der Waals surface area contributed by atoms with E-state index in [1.54, 1.807) is 0 Å². The van der Waals surface area contributed by atoms with Crippen LogP contribution in [0.5, 0.6) is 5.75 Å². The van der Waals surface area contributed by atoms with E-state index in [-0.39, 0.29) is 5.91 Å². The molecule has 1 saturated carbocycles. The summed E-state index contributed by atoms with van der Waals surface area (Å²) >= 11 is 2.00. The van der Waals surface area contributed by atoms with Gasteiger partial charge in [0.2, 0.25) is 0 Å². The van der Waals surface area contributed by atoms with Gasteiger partial charge in [-0.1, -0.05) is 18.9 Å². The predicted octanol–water partition coefficient (Wildman–Crippen LogP) is 4.12. The van der Waals surface area contributed by atoms with Crippen molar-refractivity contribution in [2.75, 3.05) is 12.3 Å². The lowest BCUT2D eigenvalue weighted by Crippen LogP contribution is -2.37. The van der Waals surface area contributed by atoms with E-state index in [2.05, 4.69) is 17.4 Å². The number of amides is 1. The summed E-state index contributed by atoms with van der Waals surface area (Å²) in [5.74, 6) is 1.81. The van der Waals surface area contributed by atoms with Gasteiger partial charge in [0.25, 0.3) is 5.91 Å². The van der Waals surface area contributed by atoms with Crippen molar-refractivity contribution in [2.45, 2.75) is 69.6 Å². The van der Waals surface area contributed by atoms with Crippen LogP contribution in [0, 0.1) is 0 Å². The summed E-state index contributed by atoms with van der Waals surface area (Å²) in [6.45, 7) is 2.57. The van der Waals surface area contributed by atoms with Crippen LogP contribution in [0.2, 0.25) is 0 Å². The highest BCUT2D eigenvalue weighted by Gasteiger charge is 2.17. The third-order valence-corrected chi connectivity index (χ3v) is 6.44. The number of hydrogen-bond donors (Lipinski definition) is 1. The zero-order valence-corrected chi connectivity index (χ0v) is 15.5. The summed E-state index contributed by atoms with van der Waals surface area (Å²) < 4.78 is 5.85. The average molecular weight is 348 g/mol. The van der Waals surface area contributed by atoms with Crippen LogP contribution in [-0.2, 0) is 17.6 Å². The highest BCUT2D eigenvalue weighted by atomic mass is 32.2. The average Bonchev–Trinajstić information content (AvgIpc) is 3.12. The van der Waals surface area contributed by atoms with Gasteiger partial charge < -0.3 is 10.1 Å². The highest BCUT2D eigenvalue weighted by Crippen LogP contribution is 2.29. The smallest absolute Gasteiger partial charge is 0.260 e. The zero-order chi connectivity index (χ0) is 16.8. The van der Waals surface area contributed by atoms with E-state index in [1.165, 1.54) is 56.1 Å². The van der Waals surface area contributed by atoms with Gasteiger partial charge >= 0.3 is 0 Å². The molecule has 3 rings (SSSR count). The molecule has 1 aromatic carbocycles. The molecule has 1 atom stereocenters. The second-order valence-corrected chi connectivity index (χ2v) is 8.37. The summed E-state index contributed by atoms with van der Waals surface area (Å²) in [6.07, 6.45) is 9.83. The third-order valence-electron chi connectivity index (χ3n) is 5.06. The molecule has 132 valence electrons. The summed E-state index contributed by atoms with van der Waals surface area (Å²) in [7, 11) is 0. The SMILES string of the molecule is C[C@@H](Oc1ccc2c(c1)CCCC2)C(=O)NCCSC1CCCC1. The van der Waals surface area contributed by atoms with Crippen molar-refractivity contribution in [2.24, 2.45) is 0 Å². The fourth-order valence-corrected chi connectivity index (χ4v) is 4.86. The van der Waals surface area contributed by atoms with Gasteiger partial charge in [0.1, 0.15) is 5.75 Å². The van der Waals surface area contributed by atoms with Crippen LogP contribution in [0.4, 0.5) is 0 Å². The molecule has 0 aliphatic heterocycles. The maximum absolute atomic E-state index is 12.2. The normalized spacial score (nSPS) is 18.9. The minimum absolute atomic E-state index is 0.0141. The third kappa shape index (κ3) is 4.92. The topological polar surface area (TPSA) is 38.3 Å². The van der Waals surface area contributed by atoms with Crippen LogP contribution < -0.4 is 10.1 Å². The van der Waals surface area contributed by atoms with E-state index in [9.17, 15) is 4.79 Å². The maximum atomic E-state index is 12.2. The first-order valence-corrected chi connectivity index (χ1v) is 10.4. The van der Waals surface area contributed by atoms with Gasteiger partial charge in [-0.2, -0.15) is 11.8 Å². The first kappa shape index (κ1) is 17.7. The second kappa shape index (κ2) is 8.80. The van der Waals surface area contributed by atoms with Gasteiger partial charge in [-0.15, -0.1) is 0 Å². The standard InChI is InChI=1S/C20H29NO2S/c1-15(20(22)21-12-13-24-19-8-4-5-9-19)23-18-11-10-16-6-2-3-7-17(16)14-18/h10-11,14-15,19H,2-9,12-13H2,1H3,(H,21,22)/t15-/m1/s1. The van der Waals surface area contributed by atoms with Gasteiger partial charge in [-0.25, -0.2) is 0 Å². The Bertz CT molecular complexity index is 555. The van der Waals surface area contributed by atoms with Crippen LogP contribution in [0.1, 0.15) is 56.6 Å². The molecule has 2 aliphatic rings. The number of aryl methyl sites for hydroxylation is 2. The van der Waals surface area contributed by atoms with Gasteiger partial charge in [0, 0.05) is 17.5 Å². The molecule has 1 fully saturated rings. The van der Waals surface area contributed by atoms with E-state index in [0.717, 1.165) is 29.7 Å². The fourth-order valence-electron chi connectivity index (χ4n) is 3.64. The molecule has 0 bridgehead atoms. The van der Waals surface area contributed by atoms with Crippen LogP contribution in [0.3, 0.4) is 0 Å². The Balaban J connectivity index is 1.40. The lowest BCUT2D eigenvalue weighted by molar-refractivity contribution is -0.127. The molecule has 0 heterocycles. The van der Waals surface area contributed by atoms with Gasteiger partial charge in [-0.05, 0) is 68.7 Å². The number of rotatable bonds is 7. The molecule has 0 unspecified atom stereocenters. The van der Waals surface area contributed by atoms with Crippen LogP contribution in [0.15, 0.2) is 18.2 Å². The summed E-state index contributed by atoms with van der Waals surface area (Å²) in [4.78, 5) is 12.2.